The maximum atomic E-state index is 10.6. The zero-order valence-electron chi connectivity index (χ0n) is 7.84. The van der Waals surface area contributed by atoms with Crippen molar-refractivity contribution in [3.63, 3.8) is 0 Å². The number of nitrogens with two attached hydrogens (primary N) is 3. The minimum atomic E-state index is -1.12. The molecule has 7 N–H and O–H groups in total. The lowest BCUT2D eigenvalue weighted by Crippen LogP contribution is -2.68. The highest BCUT2D eigenvalue weighted by Crippen LogP contribution is 2.01. The van der Waals surface area contributed by atoms with Gasteiger partial charge >= 0.3 is 11.9 Å². The number of carboxylic acid groups (broad SMARTS) is 1. The first kappa shape index (κ1) is 12.8. The van der Waals surface area contributed by atoms with E-state index in [1.807, 2.05) is 0 Å². The predicted molar refractivity (Wildman–Crippen MR) is 45.5 cm³/mol. The molecule has 0 spiro atoms. The molecule has 0 aromatic carbocycles. The zero-order chi connectivity index (χ0) is 11.4. The fraction of sp³-hybridized carbons (Fsp3) is 0.667. The minimum absolute atomic E-state index is 0.175. The second kappa shape index (κ2) is 4.86. The number of rotatable bonds is 5. The van der Waals surface area contributed by atoms with Crippen LogP contribution in [0.5, 0.6) is 0 Å². The lowest BCUT2D eigenvalue weighted by atomic mass is 10.2. The van der Waals surface area contributed by atoms with Crippen LogP contribution in [-0.2, 0) is 14.3 Å². The number of nitrogens with zero attached hydrogens (tertiary/aromatic N) is 1. The van der Waals surface area contributed by atoms with Crippen LogP contribution in [0.25, 0.3) is 0 Å². The van der Waals surface area contributed by atoms with E-state index in [2.05, 4.69) is 4.74 Å². The van der Waals surface area contributed by atoms with Crippen LogP contribution in [0.15, 0.2) is 0 Å². The van der Waals surface area contributed by atoms with E-state index < -0.39 is 22.9 Å². The highest BCUT2D eigenvalue weighted by Gasteiger charge is 2.25. The van der Waals surface area contributed by atoms with Gasteiger partial charge in [0.1, 0.15) is 0 Å². The van der Waals surface area contributed by atoms with Crippen LogP contribution in [0.2, 0.25) is 0 Å². The number of hydrogen-bond acceptors (Lipinski definition) is 6. The average Bonchev–Trinajstić information content (AvgIpc) is 1.77. The molecule has 0 saturated heterocycles. The molecule has 0 fully saturated rings. The standard InChI is InChI=1S/C6H14N4O4/c1-4(11)14-5(2-6(12)13)3-10(7,8)9/h5H,2-3,7-9H2,1H3/p+1. The van der Waals surface area contributed by atoms with E-state index in [1.165, 1.54) is 0 Å². The van der Waals surface area contributed by atoms with Gasteiger partial charge in [0.25, 0.3) is 0 Å². The molecule has 0 amide bonds. The maximum Gasteiger partial charge on any atom is 0.307 e. The smallest absolute Gasteiger partial charge is 0.307 e. The van der Waals surface area contributed by atoms with Crippen molar-refractivity contribution in [3.05, 3.63) is 0 Å². The van der Waals surface area contributed by atoms with Crippen LogP contribution in [-0.4, -0.2) is 34.5 Å². The van der Waals surface area contributed by atoms with Gasteiger partial charge in [-0.15, -0.1) is 22.3 Å². The third-order valence-electron chi connectivity index (χ3n) is 1.25. The zero-order valence-corrected chi connectivity index (χ0v) is 7.84. The summed E-state index contributed by atoms with van der Waals surface area (Å²) in [5.41, 5.74) is 0. The van der Waals surface area contributed by atoms with Gasteiger partial charge in [-0.25, -0.2) is 0 Å². The molecular weight excluding hydrogens is 192 g/mol. The lowest BCUT2D eigenvalue weighted by Gasteiger charge is -2.23. The molecule has 14 heavy (non-hydrogen) atoms. The Morgan fingerprint density at radius 2 is 1.93 bits per heavy atom. The number of esters is 1. The second-order valence-electron chi connectivity index (χ2n) is 3.01. The molecule has 0 radical (unpaired) electrons. The molecule has 0 aliphatic carbocycles. The van der Waals surface area contributed by atoms with Crippen molar-refractivity contribution < 1.29 is 24.2 Å². The topological polar surface area (TPSA) is 142 Å². The molecule has 0 aromatic rings. The van der Waals surface area contributed by atoms with Crippen molar-refractivity contribution in [2.75, 3.05) is 6.54 Å². The molecule has 0 heterocycles. The Morgan fingerprint density at radius 3 is 2.21 bits per heavy atom. The molecule has 0 aliphatic heterocycles. The summed E-state index contributed by atoms with van der Waals surface area (Å²) in [5, 5.41) is 8.47. The molecule has 0 bridgehead atoms. The van der Waals surface area contributed by atoms with Crippen LogP contribution in [0, 0.1) is 0 Å². The van der Waals surface area contributed by atoms with Gasteiger partial charge in [-0.3, -0.25) is 9.59 Å². The van der Waals surface area contributed by atoms with Gasteiger partial charge in [0, 0.05) is 6.92 Å². The first-order valence-electron chi connectivity index (χ1n) is 3.83. The van der Waals surface area contributed by atoms with E-state index in [-0.39, 0.29) is 13.0 Å². The number of ether oxygens (including phenoxy) is 1. The molecular formula is C6H15N4O4+. The number of carbonyl (C=O) groups excluding carboxylic acids is 1. The van der Waals surface area contributed by atoms with Crippen molar-refractivity contribution in [1.82, 2.24) is 0 Å². The van der Waals surface area contributed by atoms with Crippen LogP contribution in [0.1, 0.15) is 13.3 Å². The Kier molecular flexibility index (Phi) is 4.44. The molecule has 0 rings (SSSR count). The van der Waals surface area contributed by atoms with E-state index >= 15 is 0 Å². The van der Waals surface area contributed by atoms with E-state index in [9.17, 15) is 9.59 Å². The summed E-state index contributed by atoms with van der Waals surface area (Å²) in [7, 11) is 0. The lowest BCUT2D eigenvalue weighted by molar-refractivity contribution is -0.965. The summed E-state index contributed by atoms with van der Waals surface area (Å²) in [6.07, 6.45) is -1.31. The number of quaternary nitrogens is 1. The van der Waals surface area contributed by atoms with Gasteiger partial charge in [0.05, 0.1) is 6.42 Å². The molecule has 1 atom stereocenters. The minimum Gasteiger partial charge on any atom is -0.481 e. The van der Waals surface area contributed by atoms with E-state index in [0.717, 1.165) is 6.92 Å². The van der Waals surface area contributed by atoms with Crippen molar-refractivity contribution in [3.8, 4) is 0 Å². The summed E-state index contributed by atoms with van der Waals surface area (Å²) in [4.78, 5) is 20.0. The summed E-state index contributed by atoms with van der Waals surface area (Å²) >= 11 is 0. The van der Waals surface area contributed by atoms with Crippen LogP contribution in [0.4, 0.5) is 0 Å². The number of hydrogen-bond donors (Lipinski definition) is 4. The molecule has 0 aliphatic rings. The Labute approximate surface area is 80.7 Å². The quantitative estimate of drug-likeness (QED) is 0.174. The van der Waals surface area contributed by atoms with Gasteiger partial charge in [-0.1, -0.05) is 0 Å². The Balaban J connectivity index is 4.24. The van der Waals surface area contributed by atoms with Gasteiger partial charge < -0.3 is 9.84 Å². The van der Waals surface area contributed by atoms with Crippen LogP contribution in [0.3, 0.4) is 0 Å². The van der Waals surface area contributed by atoms with E-state index in [1.54, 1.807) is 0 Å². The first-order chi connectivity index (χ1) is 6.20. The first-order valence-corrected chi connectivity index (χ1v) is 3.83. The molecule has 0 aromatic heterocycles. The van der Waals surface area contributed by atoms with Crippen molar-refractivity contribution in [2.45, 2.75) is 19.4 Å². The highest BCUT2D eigenvalue weighted by atomic mass is 16.5. The average molecular weight is 207 g/mol. The highest BCUT2D eigenvalue weighted by molar-refractivity contribution is 5.69. The van der Waals surface area contributed by atoms with Crippen LogP contribution < -0.4 is 17.5 Å². The molecule has 82 valence electrons. The third kappa shape index (κ3) is 7.43. The molecule has 8 nitrogen and oxygen atoms in total. The SMILES string of the molecule is CC(=O)OC(CC(=O)O)C[N+](N)(N)N. The van der Waals surface area contributed by atoms with Crippen LogP contribution >= 0.6 is 0 Å². The summed E-state index contributed by atoms with van der Waals surface area (Å²) in [5.74, 6) is 13.9. The largest absolute Gasteiger partial charge is 0.481 e. The van der Waals surface area contributed by atoms with Gasteiger partial charge in [-0.2, -0.15) is 0 Å². The monoisotopic (exact) mass is 207 g/mol. The van der Waals surface area contributed by atoms with Gasteiger partial charge in [-0.05, 0) is 0 Å². The summed E-state index contributed by atoms with van der Waals surface area (Å²) < 4.78 is 4.66. The third-order valence-corrected chi connectivity index (χ3v) is 1.25. The van der Waals surface area contributed by atoms with E-state index in [4.69, 9.17) is 22.6 Å². The fourth-order valence-electron chi connectivity index (χ4n) is 0.926. The Hall–Kier alpha value is -1.22. The summed E-state index contributed by atoms with van der Waals surface area (Å²) in [6, 6.07) is 0. The molecule has 0 saturated carbocycles. The maximum absolute atomic E-state index is 10.6. The predicted octanol–water partition coefficient (Wildman–Crippen LogP) is -2.17. The van der Waals surface area contributed by atoms with Gasteiger partial charge in [0.15, 0.2) is 12.6 Å². The second-order valence-corrected chi connectivity index (χ2v) is 3.01. The molecule has 1 unspecified atom stereocenters. The normalized spacial score (nSPS) is 13.4. The molecule has 8 heteroatoms. The number of carboxylic acids is 1. The van der Waals surface area contributed by atoms with E-state index in [0.29, 0.717) is 0 Å². The number of aliphatic carboxylic acids is 1. The number of carbonyl (C=O) groups is 2. The summed E-state index contributed by atoms with van der Waals surface area (Å²) in [6.45, 7) is 0.985. The Bertz CT molecular complexity index is 208. The Morgan fingerprint density at radius 1 is 1.43 bits per heavy atom. The van der Waals surface area contributed by atoms with Crippen molar-refractivity contribution in [1.29, 1.82) is 0 Å². The van der Waals surface area contributed by atoms with Crippen molar-refractivity contribution >= 4 is 11.9 Å². The van der Waals surface area contributed by atoms with Crippen molar-refractivity contribution in [2.24, 2.45) is 17.5 Å². The fourth-order valence-corrected chi connectivity index (χ4v) is 0.926. The van der Waals surface area contributed by atoms with Gasteiger partial charge in [0.2, 0.25) is 0 Å².